The lowest BCUT2D eigenvalue weighted by Gasteiger charge is -2.35. The fourth-order valence-electron chi connectivity index (χ4n) is 2.97. The molecule has 0 saturated heterocycles. The minimum atomic E-state index is -0.419. The molecule has 1 fully saturated rings. The highest BCUT2D eigenvalue weighted by molar-refractivity contribution is 5.93. The van der Waals surface area contributed by atoms with Gasteiger partial charge in [-0.2, -0.15) is 0 Å². The van der Waals surface area contributed by atoms with Gasteiger partial charge in [-0.25, -0.2) is 0 Å². The SMILES string of the molecule is CN(C)C/C=C/C(=O)N1Cc2ccccc2C[C@H]1C(=O)NC1CC1. The van der Waals surface area contributed by atoms with E-state index in [0.29, 0.717) is 25.6 Å². The first kappa shape index (κ1) is 16.7. The molecule has 1 aromatic rings. The molecule has 2 amide bonds. The van der Waals surface area contributed by atoms with E-state index in [0.717, 1.165) is 24.0 Å². The van der Waals surface area contributed by atoms with Gasteiger partial charge in [0.25, 0.3) is 0 Å². The molecule has 0 unspecified atom stereocenters. The summed E-state index contributed by atoms with van der Waals surface area (Å²) in [4.78, 5) is 29.0. The van der Waals surface area contributed by atoms with Gasteiger partial charge in [-0.05, 0) is 38.1 Å². The van der Waals surface area contributed by atoms with Gasteiger partial charge in [0.15, 0.2) is 0 Å². The molecule has 5 nitrogen and oxygen atoms in total. The molecule has 1 aliphatic heterocycles. The number of hydrogen-bond acceptors (Lipinski definition) is 3. The van der Waals surface area contributed by atoms with E-state index in [2.05, 4.69) is 11.4 Å². The fraction of sp³-hybridized carbons (Fsp3) is 0.474. The Hall–Kier alpha value is -2.14. The Labute approximate surface area is 143 Å². The number of carbonyl (C=O) groups excluding carboxylic acids is 2. The molecule has 3 rings (SSSR count). The predicted molar refractivity (Wildman–Crippen MR) is 93.3 cm³/mol. The van der Waals surface area contributed by atoms with Gasteiger partial charge in [-0.15, -0.1) is 0 Å². The molecule has 0 radical (unpaired) electrons. The monoisotopic (exact) mass is 327 g/mol. The number of amides is 2. The van der Waals surface area contributed by atoms with Crippen molar-refractivity contribution in [3.05, 3.63) is 47.5 Å². The largest absolute Gasteiger partial charge is 0.352 e. The summed E-state index contributed by atoms with van der Waals surface area (Å²) in [6.45, 7) is 1.19. The molecular formula is C19H25N3O2. The molecule has 1 atom stereocenters. The standard InChI is InChI=1S/C19H25N3O2/c1-21(2)11-5-8-18(23)22-13-15-7-4-3-6-14(15)12-17(22)19(24)20-16-9-10-16/h3-8,16-17H,9-13H2,1-2H3,(H,20,24)/b8-5+/t17-/m0/s1. The number of carbonyl (C=O) groups is 2. The molecule has 1 saturated carbocycles. The van der Waals surface area contributed by atoms with E-state index < -0.39 is 6.04 Å². The summed E-state index contributed by atoms with van der Waals surface area (Å²) in [5, 5.41) is 3.05. The van der Waals surface area contributed by atoms with Crippen LogP contribution in [0.5, 0.6) is 0 Å². The minimum Gasteiger partial charge on any atom is -0.352 e. The maximum Gasteiger partial charge on any atom is 0.247 e. The summed E-state index contributed by atoms with van der Waals surface area (Å²) in [5.41, 5.74) is 2.29. The lowest BCUT2D eigenvalue weighted by Crippen LogP contribution is -2.52. The average Bonchev–Trinajstić information content (AvgIpc) is 3.37. The topological polar surface area (TPSA) is 52.7 Å². The van der Waals surface area contributed by atoms with Crippen LogP contribution in [-0.2, 0) is 22.6 Å². The number of likely N-dealkylation sites (N-methyl/N-ethyl adjacent to an activating group) is 1. The number of hydrogen-bond donors (Lipinski definition) is 1. The van der Waals surface area contributed by atoms with Crippen molar-refractivity contribution in [2.45, 2.75) is 37.9 Å². The van der Waals surface area contributed by atoms with Gasteiger partial charge in [0, 0.05) is 31.6 Å². The zero-order chi connectivity index (χ0) is 17.1. The van der Waals surface area contributed by atoms with E-state index in [1.807, 2.05) is 43.3 Å². The van der Waals surface area contributed by atoms with Gasteiger partial charge in [0.05, 0.1) is 0 Å². The Morgan fingerprint density at radius 3 is 2.62 bits per heavy atom. The molecule has 5 heteroatoms. The van der Waals surface area contributed by atoms with E-state index in [1.165, 1.54) is 0 Å². The van der Waals surface area contributed by atoms with Crippen LogP contribution in [0.4, 0.5) is 0 Å². The van der Waals surface area contributed by atoms with Crippen LogP contribution in [0.1, 0.15) is 24.0 Å². The highest BCUT2D eigenvalue weighted by Crippen LogP contribution is 2.25. The van der Waals surface area contributed by atoms with Crippen molar-refractivity contribution in [2.24, 2.45) is 0 Å². The van der Waals surface area contributed by atoms with Crippen molar-refractivity contribution < 1.29 is 9.59 Å². The Kier molecular flexibility index (Phi) is 5.00. The first-order valence-electron chi connectivity index (χ1n) is 8.53. The second-order valence-electron chi connectivity index (χ2n) is 6.90. The maximum atomic E-state index is 12.6. The number of benzene rings is 1. The summed E-state index contributed by atoms with van der Waals surface area (Å²) in [7, 11) is 3.91. The molecule has 24 heavy (non-hydrogen) atoms. The molecule has 1 heterocycles. The van der Waals surface area contributed by atoms with Crippen LogP contribution in [0.3, 0.4) is 0 Å². The lowest BCUT2D eigenvalue weighted by molar-refractivity contribution is -0.138. The quantitative estimate of drug-likeness (QED) is 0.830. The first-order valence-corrected chi connectivity index (χ1v) is 8.53. The second kappa shape index (κ2) is 7.18. The fourth-order valence-corrected chi connectivity index (χ4v) is 2.97. The Bertz CT molecular complexity index is 650. The van der Waals surface area contributed by atoms with Gasteiger partial charge in [-0.1, -0.05) is 30.3 Å². The Morgan fingerprint density at radius 1 is 1.25 bits per heavy atom. The van der Waals surface area contributed by atoms with Crippen molar-refractivity contribution in [3.8, 4) is 0 Å². The first-order chi connectivity index (χ1) is 11.5. The van der Waals surface area contributed by atoms with E-state index in [9.17, 15) is 9.59 Å². The molecule has 0 bridgehead atoms. The Morgan fingerprint density at radius 2 is 1.96 bits per heavy atom. The highest BCUT2D eigenvalue weighted by Gasteiger charge is 2.36. The lowest BCUT2D eigenvalue weighted by atomic mass is 9.93. The molecular weight excluding hydrogens is 302 g/mol. The van der Waals surface area contributed by atoms with Crippen LogP contribution in [-0.4, -0.2) is 54.3 Å². The summed E-state index contributed by atoms with van der Waals surface area (Å²) in [6, 6.07) is 7.94. The zero-order valence-corrected chi connectivity index (χ0v) is 14.4. The summed E-state index contributed by atoms with van der Waals surface area (Å²) in [5.74, 6) is -0.122. The van der Waals surface area contributed by atoms with Gasteiger partial charge in [0.1, 0.15) is 6.04 Å². The van der Waals surface area contributed by atoms with E-state index in [4.69, 9.17) is 0 Å². The third-order valence-electron chi connectivity index (χ3n) is 4.49. The molecule has 1 aliphatic carbocycles. The third kappa shape index (κ3) is 4.03. The summed E-state index contributed by atoms with van der Waals surface area (Å²) < 4.78 is 0. The van der Waals surface area contributed by atoms with Gasteiger partial charge < -0.3 is 15.1 Å². The van der Waals surface area contributed by atoms with Crippen LogP contribution < -0.4 is 5.32 Å². The van der Waals surface area contributed by atoms with Crippen molar-refractivity contribution in [1.82, 2.24) is 15.1 Å². The molecule has 0 aromatic heterocycles. The summed E-state index contributed by atoms with van der Waals surface area (Å²) >= 11 is 0. The third-order valence-corrected chi connectivity index (χ3v) is 4.49. The predicted octanol–water partition coefficient (Wildman–Crippen LogP) is 1.34. The van der Waals surface area contributed by atoms with Crippen molar-refractivity contribution in [3.63, 3.8) is 0 Å². The van der Waals surface area contributed by atoms with Gasteiger partial charge in [0.2, 0.25) is 11.8 Å². The van der Waals surface area contributed by atoms with Crippen LogP contribution in [0.25, 0.3) is 0 Å². The van der Waals surface area contributed by atoms with Crippen LogP contribution >= 0.6 is 0 Å². The highest BCUT2D eigenvalue weighted by atomic mass is 16.2. The molecule has 0 spiro atoms. The van der Waals surface area contributed by atoms with Crippen molar-refractivity contribution in [1.29, 1.82) is 0 Å². The van der Waals surface area contributed by atoms with Crippen LogP contribution in [0.15, 0.2) is 36.4 Å². The second-order valence-corrected chi connectivity index (χ2v) is 6.90. The number of rotatable bonds is 5. The number of fused-ring (bicyclic) bond motifs is 1. The molecule has 1 aromatic carbocycles. The summed E-state index contributed by atoms with van der Waals surface area (Å²) in [6.07, 6.45) is 6.11. The van der Waals surface area contributed by atoms with Crippen LogP contribution in [0, 0.1) is 0 Å². The van der Waals surface area contributed by atoms with E-state index in [-0.39, 0.29) is 11.8 Å². The molecule has 128 valence electrons. The maximum absolute atomic E-state index is 12.6. The molecule has 1 N–H and O–H groups in total. The number of nitrogens with zero attached hydrogens (tertiary/aromatic N) is 2. The Balaban J connectivity index is 1.78. The molecule has 2 aliphatic rings. The van der Waals surface area contributed by atoms with Gasteiger partial charge in [-0.3, -0.25) is 9.59 Å². The average molecular weight is 327 g/mol. The van der Waals surface area contributed by atoms with Crippen molar-refractivity contribution in [2.75, 3.05) is 20.6 Å². The van der Waals surface area contributed by atoms with E-state index in [1.54, 1.807) is 11.0 Å². The smallest absolute Gasteiger partial charge is 0.247 e. The van der Waals surface area contributed by atoms with Gasteiger partial charge >= 0.3 is 0 Å². The minimum absolute atomic E-state index is 0.0265. The van der Waals surface area contributed by atoms with Crippen LogP contribution in [0.2, 0.25) is 0 Å². The van der Waals surface area contributed by atoms with Crippen molar-refractivity contribution >= 4 is 11.8 Å². The normalized spacial score (nSPS) is 20.3. The number of nitrogens with one attached hydrogen (secondary N) is 1. The zero-order valence-electron chi connectivity index (χ0n) is 14.4. The van der Waals surface area contributed by atoms with E-state index >= 15 is 0 Å².